The van der Waals surface area contributed by atoms with E-state index in [-0.39, 0.29) is 5.54 Å². The molecule has 0 radical (unpaired) electrons. The van der Waals surface area contributed by atoms with Gasteiger partial charge in [-0.25, -0.2) is 0 Å². The molecule has 2 N–H and O–H groups in total. The number of benzene rings is 1. The van der Waals surface area contributed by atoms with Crippen molar-refractivity contribution in [2.45, 2.75) is 32.5 Å². The minimum Gasteiger partial charge on any atom is -0.459 e. The number of hydrogen-bond donors (Lipinski definition) is 1. The van der Waals surface area contributed by atoms with E-state index in [4.69, 9.17) is 14.9 Å². The fourth-order valence-electron chi connectivity index (χ4n) is 2.86. The van der Waals surface area contributed by atoms with Crippen LogP contribution in [-0.4, -0.2) is 30.2 Å². The molecule has 3 rings (SSSR count). The molecule has 2 aromatic rings. The Hall–Kier alpha value is -1.36. The molecule has 0 saturated carbocycles. The van der Waals surface area contributed by atoms with Gasteiger partial charge < -0.3 is 14.9 Å². The van der Waals surface area contributed by atoms with Crippen LogP contribution in [0.3, 0.4) is 0 Å². The van der Waals surface area contributed by atoms with Crippen molar-refractivity contribution in [1.29, 1.82) is 0 Å². The summed E-state index contributed by atoms with van der Waals surface area (Å²) in [6.45, 7) is 8.23. The third kappa shape index (κ3) is 2.35. The Labute approximate surface area is 119 Å². The molecule has 2 heterocycles. The molecule has 20 heavy (non-hydrogen) atoms. The average molecular weight is 274 g/mol. The summed E-state index contributed by atoms with van der Waals surface area (Å²) in [7, 11) is 0. The number of fused-ring (bicyclic) bond motifs is 1. The van der Waals surface area contributed by atoms with Gasteiger partial charge in [0.15, 0.2) is 0 Å². The van der Waals surface area contributed by atoms with Crippen molar-refractivity contribution in [3.63, 3.8) is 0 Å². The standard InChI is InChI=1S/C16H22N2O2/c1-16(2)11-19-8-7-18(16)10-13-12-5-3-4-6-14(12)20-15(13)9-17/h3-6H,7-11,17H2,1-2H3. The molecule has 1 fully saturated rings. The lowest BCUT2D eigenvalue weighted by atomic mass is 10.0. The second-order valence-corrected chi connectivity index (χ2v) is 5.99. The highest BCUT2D eigenvalue weighted by Crippen LogP contribution is 2.30. The van der Waals surface area contributed by atoms with E-state index in [1.165, 1.54) is 10.9 Å². The third-order valence-electron chi connectivity index (χ3n) is 4.13. The second-order valence-electron chi connectivity index (χ2n) is 5.99. The molecule has 4 nitrogen and oxygen atoms in total. The van der Waals surface area contributed by atoms with E-state index < -0.39 is 0 Å². The van der Waals surface area contributed by atoms with Gasteiger partial charge in [-0.15, -0.1) is 0 Å². The Balaban J connectivity index is 1.97. The van der Waals surface area contributed by atoms with Gasteiger partial charge in [0.25, 0.3) is 0 Å². The van der Waals surface area contributed by atoms with Crippen molar-refractivity contribution < 1.29 is 9.15 Å². The van der Waals surface area contributed by atoms with Gasteiger partial charge in [0.2, 0.25) is 0 Å². The van der Waals surface area contributed by atoms with Gasteiger partial charge in [-0.2, -0.15) is 0 Å². The third-order valence-corrected chi connectivity index (χ3v) is 4.13. The Bertz CT molecular complexity index is 604. The molecule has 1 saturated heterocycles. The zero-order chi connectivity index (χ0) is 14.2. The van der Waals surface area contributed by atoms with Gasteiger partial charge in [-0.1, -0.05) is 18.2 Å². The summed E-state index contributed by atoms with van der Waals surface area (Å²) < 4.78 is 11.5. The normalized spacial score (nSPS) is 19.6. The van der Waals surface area contributed by atoms with E-state index in [1.54, 1.807) is 0 Å². The van der Waals surface area contributed by atoms with Crippen LogP contribution in [0, 0.1) is 0 Å². The summed E-state index contributed by atoms with van der Waals surface area (Å²) in [6.07, 6.45) is 0. The highest BCUT2D eigenvalue weighted by atomic mass is 16.5. The fraction of sp³-hybridized carbons (Fsp3) is 0.500. The molecular weight excluding hydrogens is 252 g/mol. The molecule has 0 aliphatic carbocycles. The summed E-state index contributed by atoms with van der Waals surface area (Å²) in [5.74, 6) is 0.897. The van der Waals surface area contributed by atoms with Crippen LogP contribution in [0.15, 0.2) is 28.7 Å². The Morgan fingerprint density at radius 1 is 1.30 bits per heavy atom. The second kappa shape index (κ2) is 5.20. The first-order chi connectivity index (χ1) is 9.62. The molecular formula is C16H22N2O2. The van der Waals surface area contributed by atoms with Crippen LogP contribution in [0.2, 0.25) is 0 Å². The first-order valence-electron chi connectivity index (χ1n) is 7.14. The quantitative estimate of drug-likeness (QED) is 0.934. The van der Waals surface area contributed by atoms with Crippen molar-refractivity contribution in [3.05, 3.63) is 35.6 Å². The number of nitrogens with zero attached hydrogens (tertiary/aromatic N) is 1. The number of morpholine rings is 1. The minimum absolute atomic E-state index is 0.0441. The van der Waals surface area contributed by atoms with Crippen LogP contribution in [0.1, 0.15) is 25.2 Å². The lowest BCUT2D eigenvalue weighted by Gasteiger charge is -2.42. The highest BCUT2D eigenvalue weighted by Gasteiger charge is 2.31. The van der Waals surface area contributed by atoms with Gasteiger partial charge in [0, 0.05) is 29.6 Å². The van der Waals surface area contributed by atoms with Crippen LogP contribution in [-0.2, 0) is 17.8 Å². The van der Waals surface area contributed by atoms with Crippen molar-refractivity contribution >= 4 is 11.0 Å². The lowest BCUT2D eigenvalue weighted by molar-refractivity contribution is -0.0553. The van der Waals surface area contributed by atoms with Gasteiger partial charge in [-0.3, -0.25) is 4.90 Å². The van der Waals surface area contributed by atoms with E-state index in [1.807, 2.05) is 18.2 Å². The fourth-order valence-corrected chi connectivity index (χ4v) is 2.86. The predicted octanol–water partition coefficient (Wildman–Crippen LogP) is 2.50. The first kappa shape index (κ1) is 13.6. The molecule has 1 aromatic heterocycles. The zero-order valence-electron chi connectivity index (χ0n) is 12.2. The van der Waals surface area contributed by atoms with Crippen molar-refractivity contribution in [2.75, 3.05) is 19.8 Å². The maximum absolute atomic E-state index is 5.88. The number of nitrogens with two attached hydrogens (primary N) is 1. The summed E-state index contributed by atoms with van der Waals surface area (Å²) in [4.78, 5) is 2.45. The topological polar surface area (TPSA) is 51.6 Å². The molecule has 1 aliphatic heterocycles. The smallest absolute Gasteiger partial charge is 0.134 e. The first-order valence-corrected chi connectivity index (χ1v) is 7.14. The van der Waals surface area contributed by atoms with Crippen molar-refractivity contribution in [2.24, 2.45) is 5.73 Å². The van der Waals surface area contributed by atoms with Crippen molar-refractivity contribution in [1.82, 2.24) is 4.90 Å². The van der Waals surface area contributed by atoms with Crippen LogP contribution in [0.4, 0.5) is 0 Å². The summed E-state index contributed by atoms with van der Waals surface area (Å²) in [6, 6.07) is 8.16. The van der Waals surface area contributed by atoms with Gasteiger partial charge in [0.1, 0.15) is 11.3 Å². The van der Waals surface area contributed by atoms with E-state index >= 15 is 0 Å². The Morgan fingerprint density at radius 3 is 2.85 bits per heavy atom. The molecule has 0 bridgehead atoms. The number of hydrogen-bond acceptors (Lipinski definition) is 4. The largest absolute Gasteiger partial charge is 0.459 e. The molecule has 1 aliphatic rings. The average Bonchev–Trinajstić information content (AvgIpc) is 2.79. The monoisotopic (exact) mass is 274 g/mol. The maximum Gasteiger partial charge on any atom is 0.134 e. The van der Waals surface area contributed by atoms with Crippen LogP contribution in [0.25, 0.3) is 11.0 Å². The summed E-state index contributed by atoms with van der Waals surface area (Å²) >= 11 is 0. The number of ether oxygens (including phenoxy) is 1. The molecule has 108 valence electrons. The van der Waals surface area contributed by atoms with E-state index in [0.717, 1.165) is 37.6 Å². The Morgan fingerprint density at radius 2 is 2.10 bits per heavy atom. The van der Waals surface area contributed by atoms with Crippen LogP contribution in [0.5, 0.6) is 0 Å². The van der Waals surface area contributed by atoms with Crippen LogP contribution >= 0.6 is 0 Å². The molecule has 0 atom stereocenters. The number of rotatable bonds is 3. The van der Waals surface area contributed by atoms with Gasteiger partial charge in [0.05, 0.1) is 19.8 Å². The molecule has 0 spiro atoms. The maximum atomic E-state index is 5.88. The van der Waals surface area contributed by atoms with E-state index in [0.29, 0.717) is 6.54 Å². The molecule has 0 amide bonds. The predicted molar refractivity (Wildman–Crippen MR) is 79.4 cm³/mol. The van der Waals surface area contributed by atoms with Crippen LogP contribution < -0.4 is 5.73 Å². The molecule has 1 aromatic carbocycles. The van der Waals surface area contributed by atoms with Gasteiger partial charge >= 0.3 is 0 Å². The molecule has 0 unspecified atom stereocenters. The summed E-state index contributed by atoms with van der Waals surface area (Å²) in [5, 5.41) is 1.18. The lowest BCUT2D eigenvalue weighted by Crippen LogP contribution is -2.52. The number of furan rings is 1. The summed E-state index contributed by atoms with van der Waals surface area (Å²) in [5.41, 5.74) is 8.04. The van der Waals surface area contributed by atoms with E-state index in [9.17, 15) is 0 Å². The van der Waals surface area contributed by atoms with Crippen molar-refractivity contribution in [3.8, 4) is 0 Å². The zero-order valence-corrected chi connectivity index (χ0v) is 12.2. The molecule has 4 heteroatoms. The highest BCUT2D eigenvalue weighted by molar-refractivity contribution is 5.82. The van der Waals surface area contributed by atoms with Gasteiger partial charge in [-0.05, 0) is 19.9 Å². The Kier molecular flexibility index (Phi) is 3.54. The SMILES string of the molecule is CC1(C)COCCN1Cc1c(CN)oc2ccccc12. The number of para-hydroxylation sites is 1. The van der Waals surface area contributed by atoms with E-state index in [2.05, 4.69) is 24.8 Å². The minimum atomic E-state index is 0.0441.